The van der Waals surface area contributed by atoms with Crippen molar-refractivity contribution in [1.29, 1.82) is 0 Å². The molecule has 0 aliphatic carbocycles. The summed E-state index contributed by atoms with van der Waals surface area (Å²) < 4.78 is 0. The topological polar surface area (TPSA) is 85.7 Å². The van der Waals surface area contributed by atoms with Crippen molar-refractivity contribution in [3.8, 4) is 0 Å². The van der Waals surface area contributed by atoms with Crippen LogP contribution in [0.2, 0.25) is 0 Å². The Hall–Kier alpha value is -4.34. The number of hydrogen-bond donors (Lipinski definition) is 2. The van der Waals surface area contributed by atoms with Crippen molar-refractivity contribution in [3.63, 3.8) is 0 Å². The van der Waals surface area contributed by atoms with Crippen molar-refractivity contribution in [2.24, 2.45) is 10.3 Å². The highest BCUT2D eigenvalue weighted by atomic mass is 17.0. The van der Waals surface area contributed by atoms with Crippen LogP contribution < -0.4 is 11.3 Å². The third-order valence-corrected chi connectivity index (χ3v) is 5.53. The van der Waals surface area contributed by atoms with Gasteiger partial charge in [0.2, 0.25) is 0 Å². The molecule has 1 aliphatic heterocycles. The van der Waals surface area contributed by atoms with Gasteiger partial charge in [0, 0.05) is 11.1 Å². The first-order valence-corrected chi connectivity index (χ1v) is 11.4. The number of nitrogens with one attached hydrogen (secondary N) is 2. The molecule has 0 amide bonds. The molecule has 0 bridgehead atoms. The van der Waals surface area contributed by atoms with Gasteiger partial charge in [-0.25, -0.2) is 0 Å². The summed E-state index contributed by atoms with van der Waals surface area (Å²) in [5.74, 6) is 0. The van der Waals surface area contributed by atoms with Crippen LogP contribution in [0.1, 0.15) is 34.5 Å². The number of oxime groups is 2. The summed E-state index contributed by atoms with van der Waals surface area (Å²) in [6.45, 7) is 0. The Bertz CT molecular complexity index is 1180. The Morgan fingerprint density at radius 2 is 0.778 bits per heavy atom. The standard InChI is InChI=1S/C28H24N4O4/c1-5-13-21(14-6-1)25-27(23-17-9-3-10-18-23)33-31-36-30-26(22-15-7-2-8-16-22)28(34-32-35-29-25)24-19-11-4-12-20-24/h1-20,27-28,31-32H/b29-25+,30-26+. The summed E-state index contributed by atoms with van der Waals surface area (Å²) in [6.07, 6.45) is -1.37. The van der Waals surface area contributed by atoms with E-state index in [0.29, 0.717) is 11.4 Å². The van der Waals surface area contributed by atoms with Gasteiger partial charge in [0.1, 0.15) is 11.4 Å². The van der Waals surface area contributed by atoms with Crippen molar-refractivity contribution in [2.45, 2.75) is 12.2 Å². The van der Waals surface area contributed by atoms with Gasteiger partial charge in [-0.3, -0.25) is 19.6 Å². The quantitative estimate of drug-likeness (QED) is 0.418. The first-order chi connectivity index (χ1) is 17.9. The lowest BCUT2D eigenvalue weighted by Gasteiger charge is -2.22. The normalized spacial score (nSPS) is 21.8. The number of hydrogen-bond acceptors (Lipinski definition) is 8. The van der Waals surface area contributed by atoms with Gasteiger partial charge in [-0.15, -0.1) is 0 Å². The molecule has 0 saturated carbocycles. The van der Waals surface area contributed by atoms with Crippen molar-refractivity contribution < 1.29 is 19.6 Å². The van der Waals surface area contributed by atoms with Crippen molar-refractivity contribution in [1.82, 2.24) is 11.3 Å². The average molecular weight is 481 g/mol. The first-order valence-electron chi connectivity index (χ1n) is 11.4. The van der Waals surface area contributed by atoms with E-state index in [1.165, 1.54) is 0 Å². The predicted octanol–water partition coefficient (Wildman–Crippen LogP) is 5.20. The van der Waals surface area contributed by atoms with Crippen LogP contribution in [0.25, 0.3) is 0 Å². The Labute approximate surface area is 208 Å². The number of nitrogens with zero attached hydrogens (tertiary/aromatic N) is 2. The van der Waals surface area contributed by atoms with E-state index in [1.807, 2.05) is 121 Å². The maximum Gasteiger partial charge on any atom is 0.154 e. The fraction of sp³-hybridized carbons (Fsp3) is 0.0714. The van der Waals surface area contributed by atoms with E-state index < -0.39 is 12.2 Å². The van der Waals surface area contributed by atoms with Crippen LogP contribution in [0.5, 0.6) is 0 Å². The summed E-state index contributed by atoms with van der Waals surface area (Å²) in [5, 5.41) is 8.66. The van der Waals surface area contributed by atoms with Gasteiger partial charge >= 0.3 is 0 Å². The van der Waals surface area contributed by atoms with Gasteiger partial charge < -0.3 is 0 Å². The smallest absolute Gasteiger partial charge is 0.154 e. The van der Waals surface area contributed by atoms with Gasteiger partial charge in [-0.05, 0) is 22.4 Å². The highest BCUT2D eigenvalue weighted by Crippen LogP contribution is 2.25. The van der Waals surface area contributed by atoms with Crippen LogP contribution in [0, 0.1) is 0 Å². The van der Waals surface area contributed by atoms with E-state index >= 15 is 0 Å². The molecule has 2 N–H and O–H groups in total. The van der Waals surface area contributed by atoms with Gasteiger partial charge in [0.25, 0.3) is 0 Å². The maximum absolute atomic E-state index is 5.93. The second kappa shape index (κ2) is 11.9. The lowest BCUT2D eigenvalue weighted by atomic mass is 9.99. The molecule has 180 valence electrons. The molecule has 5 rings (SSSR count). The second-order valence-electron chi connectivity index (χ2n) is 7.85. The van der Waals surface area contributed by atoms with Crippen LogP contribution in [-0.2, 0) is 19.6 Å². The Balaban J connectivity index is 1.51. The van der Waals surface area contributed by atoms with Crippen molar-refractivity contribution in [2.75, 3.05) is 0 Å². The molecule has 0 aromatic heterocycles. The molecule has 2 unspecified atom stereocenters. The first kappa shape index (κ1) is 23.4. The minimum absolute atomic E-state index is 0.484. The molecule has 8 heteroatoms. The lowest BCUT2D eigenvalue weighted by Crippen LogP contribution is -2.29. The minimum Gasteiger partial charge on any atom is -0.273 e. The molecule has 0 fully saturated rings. The van der Waals surface area contributed by atoms with E-state index in [2.05, 4.69) is 21.6 Å². The zero-order valence-corrected chi connectivity index (χ0v) is 19.2. The van der Waals surface area contributed by atoms with Gasteiger partial charge in [-0.2, -0.15) is 0 Å². The van der Waals surface area contributed by atoms with Crippen LogP contribution in [-0.4, -0.2) is 11.4 Å². The molecule has 4 aromatic carbocycles. The monoisotopic (exact) mass is 480 g/mol. The van der Waals surface area contributed by atoms with Crippen molar-refractivity contribution >= 4 is 11.4 Å². The molecule has 4 aromatic rings. The summed E-state index contributed by atoms with van der Waals surface area (Å²) in [7, 11) is 0. The van der Waals surface area contributed by atoms with Gasteiger partial charge in [0.15, 0.2) is 12.2 Å². The fourth-order valence-electron chi connectivity index (χ4n) is 3.82. The molecule has 0 saturated heterocycles. The summed E-state index contributed by atoms with van der Waals surface area (Å²) >= 11 is 0. The van der Waals surface area contributed by atoms with Crippen LogP contribution in [0.4, 0.5) is 0 Å². The molecule has 36 heavy (non-hydrogen) atoms. The lowest BCUT2D eigenvalue weighted by molar-refractivity contribution is -0.201. The second-order valence-corrected chi connectivity index (χ2v) is 7.85. The minimum atomic E-state index is -0.685. The molecule has 1 aliphatic rings. The third kappa shape index (κ3) is 5.65. The zero-order chi connectivity index (χ0) is 24.4. The number of rotatable bonds is 4. The van der Waals surface area contributed by atoms with Crippen molar-refractivity contribution in [3.05, 3.63) is 144 Å². The molecular formula is C28H24N4O4. The molecule has 0 spiro atoms. The highest BCUT2D eigenvalue weighted by Gasteiger charge is 2.26. The highest BCUT2D eigenvalue weighted by molar-refractivity contribution is 6.04. The molecule has 1 heterocycles. The Kier molecular flexibility index (Phi) is 7.72. The van der Waals surface area contributed by atoms with E-state index in [-0.39, 0.29) is 0 Å². The largest absolute Gasteiger partial charge is 0.273 e. The maximum atomic E-state index is 5.93. The van der Waals surface area contributed by atoms with E-state index in [1.54, 1.807) is 0 Å². The summed E-state index contributed by atoms with van der Waals surface area (Å²) in [6, 6.07) is 38.3. The third-order valence-electron chi connectivity index (χ3n) is 5.53. The zero-order valence-electron chi connectivity index (χ0n) is 19.2. The molecule has 8 nitrogen and oxygen atoms in total. The molecule has 2 atom stereocenters. The van der Waals surface area contributed by atoms with Crippen LogP contribution >= 0.6 is 0 Å². The summed E-state index contributed by atoms with van der Waals surface area (Å²) in [4.78, 5) is 22.8. The fourth-order valence-corrected chi connectivity index (χ4v) is 3.82. The van der Waals surface area contributed by atoms with Gasteiger partial charge in [0.05, 0.1) is 0 Å². The predicted molar refractivity (Wildman–Crippen MR) is 135 cm³/mol. The Morgan fingerprint density at radius 1 is 0.444 bits per heavy atom. The molecular weight excluding hydrogens is 456 g/mol. The Morgan fingerprint density at radius 3 is 1.14 bits per heavy atom. The van der Waals surface area contributed by atoms with E-state index in [4.69, 9.17) is 19.6 Å². The average Bonchev–Trinajstić information content (AvgIpc) is 2.95. The SMILES string of the molecule is c1ccc(/C2=N\ONOC(c3ccccc3)/C(c3ccccc3)=N/ONOC2c2ccccc2)cc1. The number of benzene rings is 4. The van der Waals surface area contributed by atoms with Crippen LogP contribution in [0.15, 0.2) is 132 Å². The summed E-state index contributed by atoms with van der Waals surface area (Å²) in [5.41, 5.74) is 9.25. The molecule has 0 radical (unpaired) electrons. The van der Waals surface area contributed by atoms with Crippen LogP contribution in [0.3, 0.4) is 0 Å². The van der Waals surface area contributed by atoms with E-state index in [0.717, 1.165) is 22.3 Å². The van der Waals surface area contributed by atoms with E-state index in [9.17, 15) is 0 Å². The van der Waals surface area contributed by atoms with Gasteiger partial charge in [-0.1, -0.05) is 132 Å².